The summed E-state index contributed by atoms with van der Waals surface area (Å²) in [6, 6.07) is 0. The number of carbonyl (C=O) groups excluding carboxylic acids is 2. The monoisotopic (exact) mass is 798 g/mol. The predicted molar refractivity (Wildman–Crippen MR) is 229 cm³/mol. The van der Waals surface area contributed by atoms with Crippen LogP contribution in [0.1, 0.15) is 206 Å². The van der Waals surface area contributed by atoms with Crippen LogP contribution in [0.25, 0.3) is 0 Å². The Morgan fingerprint density at radius 2 is 0.945 bits per heavy atom. The van der Waals surface area contributed by atoms with Crippen molar-refractivity contribution in [1.82, 2.24) is 0 Å². The summed E-state index contributed by atoms with van der Waals surface area (Å²) >= 11 is 0. The van der Waals surface area contributed by atoms with Crippen molar-refractivity contribution in [2.45, 2.75) is 213 Å². The molecule has 55 heavy (non-hydrogen) atoms. The molecule has 0 bridgehead atoms. The Balaban J connectivity index is 4.14. The Hall–Kier alpha value is -1.77. The molecule has 0 aromatic rings. The number of phosphoric ester groups is 1. The lowest BCUT2D eigenvalue weighted by molar-refractivity contribution is -0.161. The van der Waals surface area contributed by atoms with Gasteiger partial charge in [0.2, 0.25) is 0 Å². The summed E-state index contributed by atoms with van der Waals surface area (Å²) in [5.74, 6) is -0.840. The highest BCUT2D eigenvalue weighted by Gasteiger charge is 2.26. The first-order valence-electron chi connectivity index (χ1n) is 22.5. The van der Waals surface area contributed by atoms with Crippen LogP contribution in [0, 0.1) is 0 Å². The van der Waals surface area contributed by atoms with E-state index in [1.807, 2.05) is 0 Å². The molecular formula is C45H84NO8P. The molecule has 0 saturated carbocycles. The van der Waals surface area contributed by atoms with E-state index >= 15 is 0 Å². The van der Waals surface area contributed by atoms with Gasteiger partial charge in [-0.1, -0.05) is 159 Å². The van der Waals surface area contributed by atoms with Gasteiger partial charge in [-0.25, -0.2) is 4.57 Å². The van der Waals surface area contributed by atoms with Crippen molar-refractivity contribution in [2.75, 3.05) is 26.4 Å². The highest BCUT2D eigenvalue weighted by atomic mass is 31.2. The van der Waals surface area contributed by atoms with Gasteiger partial charge in [-0.05, 0) is 70.6 Å². The average molecular weight is 798 g/mol. The first-order chi connectivity index (χ1) is 26.8. The molecule has 0 aliphatic rings. The quantitative estimate of drug-likeness (QED) is 0.0268. The number of rotatable bonds is 42. The number of esters is 2. The topological polar surface area (TPSA) is 134 Å². The van der Waals surface area contributed by atoms with Crippen LogP contribution in [0.4, 0.5) is 0 Å². The largest absolute Gasteiger partial charge is 0.472 e. The van der Waals surface area contributed by atoms with Crippen molar-refractivity contribution in [2.24, 2.45) is 5.73 Å². The molecule has 0 fully saturated rings. The first-order valence-corrected chi connectivity index (χ1v) is 24.0. The number of nitrogens with two attached hydrogens (primary N) is 1. The number of phosphoric acid groups is 1. The summed E-state index contributed by atoms with van der Waals surface area (Å²) in [6.45, 7) is 3.70. The Kier molecular flexibility index (Phi) is 40.5. The zero-order valence-corrected chi connectivity index (χ0v) is 36.3. The summed E-state index contributed by atoms with van der Waals surface area (Å²) < 4.78 is 32.8. The minimum atomic E-state index is -4.38. The lowest BCUT2D eigenvalue weighted by Gasteiger charge is -2.19. The molecule has 0 rings (SSSR count). The molecule has 0 aliphatic carbocycles. The van der Waals surface area contributed by atoms with Crippen molar-refractivity contribution in [1.29, 1.82) is 0 Å². The Bertz CT molecular complexity index is 1000. The minimum absolute atomic E-state index is 0.0515. The van der Waals surface area contributed by atoms with Crippen LogP contribution in [-0.2, 0) is 32.7 Å². The number of carbonyl (C=O) groups is 2. The van der Waals surface area contributed by atoms with Crippen LogP contribution in [-0.4, -0.2) is 49.3 Å². The first kappa shape index (κ1) is 53.2. The SMILES string of the molecule is CCCCCC=CCC=CCCCCCCCCCCCC(=O)O[C@H](COC(=O)CCCCCCCC=CCCCCCCCC)COP(=O)(O)OCCN. The van der Waals surface area contributed by atoms with Gasteiger partial charge in [-0.3, -0.25) is 18.6 Å². The van der Waals surface area contributed by atoms with Crippen LogP contribution >= 0.6 is 7.82 Å². The van der Waals surface area contributed by atoms with E-state index in [9.17, 15) is 19.0 Å². The van der Waals surface area contributed by atoms with E-state index in [0.29, 0.717) is 6.42 Å². The van der Waals surface area contributed by atoms with E-state index in [1.54, 1.807) is 0 Å². The molecule has 0 aromatic heterocycles. The van der Waals surface area contributed by atoms with Crippen molar-refractivity contribution in [3.63, 3.8) is 0 Å². The van der Waals surface area contributed by atoms with Crippen molar-refractivity contribution < 1.29 is 37.6 Å². The molecule has 0 saturated heterocycles. The number of allylic oxidation sites excluding steroid dienone is 6. The highest BCUT2D eigenvalue weighted by Crippen LogP contribution is 2.43. The van der Waals surface area contributed by atoms with Crippen molar-refractivity contribution in [3.05, 3.63) is 36.5 Å². The van der Waals surface area contributed by atoms with Gasteiger partial charge in [0.1, 0.15) is 6.61 Å². The summed E-state index contributed by atoms with van der Waals surface area (Å²) in [7, 11) is -4.38. The van der Waals surface area contributed by atoms with Crippen molar-refractivity contribution in [3.8, 4) is 0 Å². The van der Waals surface area contributed by atoms with E-state index in [-0.39, 0.29) is 32.6 Å². The third kappa shape index (κ3) is 41.7. The molecule has 0 heterocycles. The molecule has 0 aliphatic heterocycles. The third-order valence-electron chi connectivity index (χ3n) is 9.50. The van der Waals surface area contributed by atoms with Gasteiger partial charge < -0.3 is 20.1 Å². The standard InChI is InChI=1S/C45H84NO8P/c1-3-5-7-9-11-13-15-17-19-20-21-22-24-26-28-30-32-34-36-38-45(48)54-43(42-53-55(49,50)52-40-39-46)41-51-44(47)37-35-33-31-29-27-25-23-18-16-14-12-10-8-6-4-2/h11,13,17-19,23,43H,3-10,12,14-16,20-22,24-42,46H2,1-2H3,(H,49,50)/t43-/m1/s1. The van der Waals surface area contributed by atoms with Gasteiger partial charge in [-0.2, -0.15) is 0 Å². The smallest absolute Gasteiger partial charge is 0.462 e. The summed E-state index contributed by atoms with van der Waals surface area (Å²) in [6.07, 6.45) is 46.0. The Morgan fingerprint density at radius 1 is 0.545 bits per heavy atom. The van der Waals surface area contributed by atoms with E-state index < -0.39 is 32.5 Å². The number of ether oxygens (including phenoxy) is 2. The average Bonchev–Trinajstić information content (AvgIpc) is 3.17. The molecule has 1 unspecified atom stereocenters. The second-order valence-electron chi connectivity index (χ2n) is 14.9. The molecule has 3 N–H and O–H groups in total. The van der Waals surface area contributed by atoms with Crippen molar-refractivity contribution >= 4 is 19.8 Å². The van der Waals surface area contributed by atoms with Gasteiger partial charge in [0.15, 0.2) is 6.10 Å². The molecule has 0 amide bonds. The van der Waals surface area contributed by atoms with Crippen LogP contribution in [0.3, 0.4) is 0 Å². The van der Waals surface area contributed by atoms with E-state index in [4.69, 9.17) is 24.3 Å². The van der Waals surface area contributed by atoms with Gasteiger partial charge in [0.25, 0.3) is 0 Å². The second-order valence-corrected chi connectivity index (χ2v) is 16.4. The molecule has 0 aromatic carbocycles. The number of hydrogen-bond donors (Lipinski definition) is 2. The fourth-order valence-electron chi connectivity index (χ4n) is 6.13. The predicted octanol–water partition coefficient (Wildman–Crippen LogP) is 12.9. The van der Waals surface area contributed by atoms with Gasteiger partial charge >= 0.3 is 19.8 Å². The van der Waals surface area contributed by atoms with E-state index in [0.717, 1.165) is 70.6 Å². The lowest BCUT2D eigenvalue weighted by Crippen LogP contribution is -2.29. The summed E-state index contributed by atoms with van der Waals surface area (Å²) in [4.78, 5) is 34.9. The van der Waals surface area contributed by atoms with Gasteiger partial charge in [-0.15, -0.1) is 0 Å². The molecule has 322 valence electrons. The van der Waals surface area contributed by atoms with Crippen LogP contribution in [0.2, 0.25) is 0 Å². The van der Waals surface area contributed by atoms with E-state index in [1.165, 1.54) is 103 Å². The molecular weight excluding hydrogens is 713 g/mol. The maximum Gasteiger partial charge on any atom is 0.472 e. The molecule has 10 heteroatoms. The Labute approximate surface area is 337 Å². The fourth-order valence-corrected chi connectivity index (χ4v) is 6.89. The molecule has 9 nitrogen and oxygen atoms in total. The number of unbranched alkanes of at least 4 members (excludes halogenated alkanes) is 23. The normalized spacial score (nSPS) is 13.6. The zero-order chi connectivity index (χ0) is 40.3. The lowest BCUT2D eigenvalue weighted by atomic mass is 10.1. The maximum absolute atomic E-state index is 12.6. The van der Waals surface area contributed by atoms with Crippen LogP contribution < -0.4 is 5.73 Å². The fraction of sp³-hybridized carbons (Fsp3) is 0.822. The summed E-state index contributed by atoms with van der Waals surface area (Å²) in [5.41, 5.74) is 5.35. The van der Waals surface area contributed by atoms with Gasteiger partial charge in [0, 0.05) is 19.4 Å². The third-order valence-corrected chi connectivity index (χ3v) is 10.5. The highest BCUT2D eigenvalue weighted by molar-refractivity contribution is 7.47. The van der Waals surface area contributed by atoms with Crippen LogP contribution in [0.15, 0.2) is 36.5 Å². The Morgan fingerprint density at radius 3 is 1.44 bits per heavy atom. The molecule has 0 radical (unpaired) electrons. The number of hydrogen-bond acceptors (Lipinski definition) is 8. The van der Waals surface area contributed by atoms with E-state index in [2.05, 4.69) is 50.3 Å². The molecule has 0 spiro atoms. The maximum atomic E-state index is 12.6. The van der Waals surface area contributed by atoms with Gasteiger partial charge in [0.05, 0.1) is 13.2 Å². The second kappa shape index (κ2) is 41.9. The summed E-state index contributed by atoms with van der Waals surface area (Å²) in [5, 5.41) is 0. The molecule has 2 atom stereocenters. The minimum Gasteiger partial charge on any atom is -0.462 e. The van der Waals surface area contributed by atoms with Crippen LogP contribution in [0.5, 0.6) is 0 Å². The zero-order valence-electron chi connectivity index (χ0n) is 35.4.